The number of rotatable bonds is 4. The molecule has 104 valence electrons. The summed E-state index contributed by atoms with van der Waals surface area (Å²) in [5.74, 6) is 0.524. The molecule has 2 atom stereocenters. The molecule has 0 aromatic heterocycles. The monoisotopic (exact) mass is 260 g/mol. The minimum atomic E-state index is 0.253. The molecule has 3 nitrogen and oxygen atoms in total. The summed E-state index contributed by atoms with van der Waals surface area (Å²) in [5, 5.41) is 0. The highest BCUT2D eigenvalue weighted by Gasteiger charge is 2.28. The van der Waals surface area contributed by atoms with Crippen molar-refractivity contribution in [2.45, 2.75) is 45.1 Å². The van der Waals surface area contributed by atoms with Gasteiger partial charge in [0.05, 0.1) is 0 Å². The summed E-state index contributed by atoms with van der Waals surface area (Å²) in [5.41, 5.74) is 8.27. The van der Waals surface area contributed by atoms with E-state index < -0.39 is 0 Å². The molecular formula is C16H24N2O. The summed E-state index contributed by atoms with van der Waals surface area (Å²) in [6, 6.07) is 8.57. The Morgan fingerprint density at radius 1 is 1.47 bits per heavy atom. The second-order valence-corrected chi connectivity index (χ2v) is 5.58. The highest BCUT2D eigenvalue weighted by Crippen LogP contribution is 2.25. The van der Waals surface area contributed by atoms with Gasteiger partial charge in [-0.2, -0.15) is 0 Å². The van der Waals surface area contributed by atoms with Gasteiger partial charge in [0.1, 0.15) is 0 Å². The first-order chi connectivity index (χ1) is 9.13. The summed E-state index contributed by atoms with van der Waals surface area (Å²) < 4.78 is 0. The van der Waals surface area contributed by atoms with E-state index in [2.05, 4.69) is 26.0 Å². The largest absolute Gasteiger partial charge is 0.338 e. The van der Waals surface area contributed by atoms with E-state index in [9.17, 15) is 4.79 Å². The molecule has 1 aromatic carbocycles. The number of hydrogen-bond donors (Lipinski definition) is 1. The SMILES string of the molecule is Cc1ccccc1[C@@H](C)CC(=O)N1CCC[C@H]1CN. The first kappa shape index (κ1) is 14.1. The molecule has 1 saturated heterocycles. The number of nitrogens with two attached hydrogens (primary N) is 1. The van der Waals surface area contributed by atoms with Crippen LogP contribution in [0, 0.1) is 6.92 Å². The van der Waals surface area contributed by atoms with Crippen LogP contribution >= 0.6 is 0 Å². The first-order valence-corrected chi connectivity index (χ1v) is 7.18. The Morgan fingerprint density at radius 3 is 2.89 bits per heavy atom. The van der Waals surface area contributed by atoms with Crippen LogP contribution in [0.1, 0.15) is 43.2 Å². The van der Waals surface area contributed by atoms with Crippen LogP contribution in [0.5, 0.6) is 0 Å². The minimum Gasteiger partial charge on any atom is -0.338 e. The molecule has 2 N–H and O–H groups in total. The predicted octanol–water partition coefficient (Wildman–Crippen LogP) is 2.44. The van der Waals surface area contributed by atoms with Crippen molar-refractivity contribution >= 4 is 5.91 Å². The van der Waals surface area contributed by atoms with E-state index in [-0.39, 0.29) is 17.9 Å². The van der Waals surface area contributed by atoms with Gasteiger partial charge in [-0.25, -0.2) is 0 Å². The van der Waals surface area contributed by atoms with Crippen LogP contribution in [0.15, 0.2) is 24.3 Å². The normalized spacial score (nSPS) is 20.6. The van der Waals surface area contributed by atoms with Crippen molar-refractivity contribution in [3.05, 3.63) is 35.4 Å². The van der Waals surface area contributed by atoms with Gasteiger partial charge in [0, 0.05) is 25.6 Å². The minimum absolute atomic E-state index is 0.253. The van der Waals surface area contributed by atoms with Crippen LogP contribution in [-0.2, 0) is 4.79 Å². The van der Waals surface area contributed by atoms with Gasteiger partial charge in [-0.15, -0.1) is 0 Å². The standard InChI is InChI=1S/C16H24N2O/c1-12-6-3-4-8-15(12)13(2)10-16(19)18-9-5-7-14(18)11-17/h3-4,6,8,13-14H,5,7,9-11,17H2,1-2H3/t13-,14-/m0/s1. The van der Waals surface area contributed by atoms with E-state index >= 15 is 0 Å². The smallest absolute Gasteiger partial charge is 0.223 e. The Kier molecular flexibility index (Phi) is 4.59. The fourth-order valence-corrected chi connectivity index (χ4v) is 3.04. The number of benzene rings is 1. The lowest BCUT2D eigenvalue weighted by atomic mass is 9.93. The average Bonchev–Trinajstić information content (AvgIpc) is 2.87. The Hall–Kier alpha value is -1.35. The molecule has 3 heteroatoms. The molecule has 1 aromatic rings. The molecule has 0 saturated carbocycles. The van der Waals surface area contributed by atoms with E-state index in [0.717, 1.165) is 19.4 Å². The predicted molar refractivity (Wildman–Crippen MR) is 78.0 cm³/mol. The Labute approximate surface area is 115 Å². The van der Waals surface area contributed by atoms with E-state index in [1.165, 1.54) is 11.1 Å². The zero-order valence-electron chi connectivity index (χ0n) is 11.9. The molecule has 1 fully saturated rings. The lowest BCUT2D eigenvalue weighted by Crippen LogP contribution is -2.40. The van der Waals surface area contributed by atoms with Crippen molar-refractivity contribution < 1.29 is 4.79 Å². The molecule has 19 heavy (non-hydrogen) atoms. The number of aryl methyl sites for hydroxylation is 1. The second kappa shape index (κ2) is 6.20. The highest BCUT2D eigenvalue weighted by atomic mass is 16.2. The van der Waals surface area contributed by atoms with Crippen LogP contribution in [0.4, 0.5) is 0 Å². The van der Waals surface area contributed by atoms with Crippen LogP contribution in [0.25, 0.3) is 0 Å². The summed E-state index contributed by atoms with van der Waals surface area (Å²) in [6.45, 7) is 5.70. The van der Waals surface area contributed by atoms with Gasteiger partial charge in [-0.3, -0.25) is 4.79 Å². The van der Waals surface area contributed by atoms with Gasteiger partial charge in [-0.05, 0) is 36.8 Å². The third kappa shape index (κ3) is 3.16. The van der Waals surface area contributed by atoms with Gasteiger partial charge < -0.3 is 10.6 Å². The van der Waals surface area contributed by atoms with Crippen molar-refractivity contribution in [2.75, 3.05) is 13.1 Å². The Bertz CT molecular complexity index is 444. The maximum atomic E-state index is 12.4. The number of carbonyl (C=O) groups is 1. The number of hydrogen-bond acceptors (Lipinski definition) is 2. The van der Waals surface area contributed by atoms with Crippen molar-refractivity contribution in [1.82, 2.24) is 4.90 Å². The van der Waals surface area contributed by atoms with Gasteiger partial charge >= 0.3 is 0 Å². The molecule has 0 spiro atoms. The molecule has 0 radical (unpaired) electrons. The van der Waals surface area contributed by atoms with E-state index in [0.29, 0.717) is 13.0 Å². The zero-order valence-corrected chi connectivity index (χ0v) is 11.9. The van der Waals surface area contributed by atoms with Crippen LogP contribution in [0.2, 0.25) is 0 Å². The van der Waals surface area contributed by atoms with Gasteiger partial charge in [0.25, 0.3) is 0 Å². The summed E-state index contributed by atoms with van der Waals surface area (Å²) >= 11 is 0. The van der Waals surface area contributed by atoms with Crippen molar-refractivity contribution in [2.24, 2.45) is 5.73 Å². The van der Waals surface area contributed by atoms with Crippen molar-refractivity contribution in [3.63, 3.8) is 0 Å². The summed E-state index contributed by atoms with van der Waals surface area (Å²) in [7, 11) is 0. The number of carbonyl (C=O) groups excluding carboxylic acids is 1. The maximum absolute atomic E-state index is 12.4. The summed E-state index contributed by atoms with van der Waals surface area (Å²) in [6.07, 6.45) is 2.73. The third-order valence-corrected chi connectivity index (χ3v) is 4.17. The highest BCUT2D eigenvalue weighted by molar-refractivity contribution is 5.77. The molecule has 0 aliphatic carbocycles. The Balaban J connectivity index is 2.01. The molecule has 1 amide bonds. The van der Waals surface area contributed by atoms with E-state index in [1.807, 2.05) is 17.0 Å². The molecule has 0 unspecified atom stereocenters. The zero-order chi connectivity index (χ0) is 13.8. The van der Waals surface area contributed by atoms with Crippen LogP contribution in [-0.4, -0.2) is 29.9 Å². The van der Waals surface area contributed by atoms with Crippen LogP contribution < -0.4 is 5.73 Å². The van der Waals surface area contributed by atoms with Crippen molar-refractivity contribution in [1.29, 1.82) is 0 Å². The second-order valence-electron chi connectivity index (χ2n) is 5.58. The van der Waals surface area contributed by atoms with Gasteiger partial charge in [0.15, 0.2) is 0 Å². The number of amides is 1. The molecule has 1 aliphatic rings. The lowest BCUT2D eigenvalue weighted by Gasteiger charge is -2.25. The van der Waals surface area contributed by atoms with Gasteiger partial charge in [-0.1, -0.05) is 31.2 Å². The third-order valence-electron chi connectivity index (χ3n) is 4.17. The quantitative estimate of drug-likeness (QED) is 0.904. The average molecular weight is 260 g/mol. The van der Waals surface area contributed by atoms with Gasteiger partial charge in [0.2, 0.25) is 5.91 Å². The molecule has 1 aliphatic heterocycles. The van der Waals surface area contributed by atoms with Crippen molar-refractivity contribution in [3.8, 4) is 0 Å². The molecule has 2 rings (SSSR count). The number of likely N-dealkylation sites (tertiary alicyclic amines) is 1. The number of nitrogens with zero attached hydrogens (tertiary/aromatic N) is 1. The van der Waals surface area contributed by atoms with E-state index in [4.69, 9.17) is 5.73 Å². The van der Waals surface area contributed by atoms with Crippen LogP contribution in [0.3, 0.4) is 0 Å². The van der Waals surface area contributed by atoms with E-state index in [1.54, 1.807) is 0 Å². The Morgan fingerprint density at radius 2 is 2.21 bits per heavy atom. The molecular weight excluding hydrogens is 236 g/mol. The summed E-state index contributed by atoms with van der Waals surface area (Å²) in [4.78, 5) is 14.4. The lowest BCUT2D eigenvalue weighted by molar-refractivity contribution is -0.132. The molecule has 1 heterocycles. The topological polar surface area (TPSA) is 46.3 Å². The first-order valence-electron chi connectivity index (χ1n) is 7.18. The maximum Gasteiger partial charge on any atom is 0.223 e. The molecule has 0 bridgehead atoms. The fourth-order valence-electron chi connectivity index (χ4n) is 3.04. The fraction of sp³-hybridized carbons (Fsp3) is 0.562.